The Bertz CT molecular complexity index is 422. The molecule has 1 N–H and O–H groups in total. The van der Waals surface area contributed by atoms with Gasteiger partial charge in [0, 0.05) is 6.04 Å². The van der Waals surface area contributed by atoms with Crippen molar-refractivity contribution in [2.45, 2.75) is 51.4 Å². The average molecular weight is 309 g/mol. The maximum Gasteiger partial charge on any atom is 0.407 e. The number of rotatable bonds is 6. The van der Waals surface area contributed by atoms with E-state index in [1.54, 1.807) is 20.8 Å². The van der Waals surface area contributed by atoms with Gasteiger partial charge >= 0.3 is 6.09 Å². The van der Waals surface area contributed by atoms with E-state index in [0.717, 1.165) is 6.26 Å². The molecule has 0 saturated heterocycles. The van der Waals surface area contributed by atoms with Crippen molar-refractivity contribution >= 4 is 16.2 Å². The number of ether oxygens (including phenoxy) is 2. The lowest BCUT2D eigenvalue weighted by molar-refractivity contribution is -0.0287. The monoisotopic (exact) mass is 309 g/mol. The van der Waals surface area contributed by atoms with Crippen LogP contribution in [0.15, 0.2) is 0 Å². The molecule has 1 amide bonds. The predicted molar refractivity (Wildman–Crippen MR) is 72.9 cm³/mol. The lowest BCUT2D eigenvalue weighted by Crippen LogP contribution is -2.49. The van der Waals surface area contributed by atoms with E-state index < -0.39 is 21.8 Å². The minimum absolute atomic E-state index is 0.0134. The van der Waals surface area contributed by atoms with Gasteiger partial charge < -0.3 is 14.8 Å². The molecule has 0 atom stereocenters. The summed E-state index contributed by atoms with van der Waals surface area (Å²) in [5.74, 6) is 0. The molecule has 8 heteroatoms. The highest BCUT2D eigenvalue weighted by molar-refractivity contribution is 7.85. The highest BCUT2D eigenvalue weighted by Crippen LogP contribution is 2.23. The number of hydrogen-bond donors (Lipinski definition) is 1. The fourth-order valence-corrected chi connectivity index (χ4v) is 2.06. The Kier molecular flexibility index (Phi) is 5.79. The summed E-state index contributed by atoms with van der Waals surface area (Å²) in [4.78, 5) is 11.5. The molecule has 0 radical (unpaired) electrons. The van der Waals surface area contributed by atoms with Crippen LogP contribution < -0.4 is 5.32 Å². The molecular formula is C12H23NO6S. The summed E-state index contributed by atoms with van der Waals surface area (Å²) < 4.78 is 36.5. The minimum atomic E-state index is -3.41. The highest BCUT2D eigenvalue weighted by atomic mass is 32.2. The second kappa shape index (κ2) is 6.73. The summed E-state index contributed by atoms with van der Waals surface area (Å²) in [6, 6.07) is 0.0469. The van der Waals surface area contributed by atoms with E-state index in [-0.39, 0.29) is 25.4 Å². The summed E-state index contributed by atoms with van der Waals surface area (Å²) in [5, 5.41) is 2.75. The first-order chi connectivity index (χ1) is 9.05. The second-order valence-electron chi connectivity index (χ2n) is 5.83. The van der Waals surface area contributed by atoms with Crippen LogP contribution in [0.2, 0.25) is 0 Å². The fourth-order valence-electron chi connectivity index (χ4n) is 1.69. The molecule has 1 aliphatic carbocycles. The Labute approximate surface area is 120 Å². The normalized spacial score (nSPS) is 23.0. The number of amides is 1. The van der Waals surface area contributed by atoms with Crippen molar-refractivity contribution in [1.82, 2.24) is 5.32 Å². The molecular weight excluding hydrogens is 286 g/mol. The molecule has 20 heavy (non-hydrogen) atoms. The van der Waals surface area contributed by atoms with Gasteiger partial charge in [0.05, 0.1) is 25.6 Å². The van der Waals surface area contributed by atoms with Gasteiger partial charge in [-0.2, -0.15) is 8.42 Å². The van der Waals surface area contributed by atoms with Gasteiger partial charge in [-0.05, 0) is 33.6 Å². The molecule has 1 rings (SSSR count). The van der Waals surface area contributed by atoms with E-state index in [1.807, 2.05) is 0 Å². The van der Waals surface area contributed by atoms with Gasteiger partial charge in [0.2, 0.25) is 0 Å². The Morgan fingerprint density at radius 3 is 2.35 bits per heavy atom. The van der Waals surface area contributed by atoms with Crippen molar-refractivity contribution in [3.8, 4) is 0 Å². The van der Waals surface area contributed by atoms with Crippen LogP contribution >= 0.6 is 0 Å². The van der Waals surface area contributed by atoms with Gasteiger partial charge in [0.25, 0.3) is 10.1 Å². The van der Waals surface area contributed by atoms with Crippen LogP contribution in [-0.2, 0) is 23.8 Å². The summed E-state index contributed by atoms with van der Waals surface area (Å²) in [7, 11) is -3.41. The summed E-state index contributed by atoms with van der Waals surface area (Å²) >= 11 is 0. The molecule has 1 fully saturated rings. The molecule has 1 saturated carbocycles. The second-order valence-corrected chi connectivity index (χ2v) is 7.48. The zero-order valence-corrected chi connectivity index (χ0v) is 13.2. The van der Waals surface area contributed by atoms with Gasteiger partial charge in [0.15, 0.2) is 0 Å². The van der Waals surface area contributed by atoms with E-state index in [1.165, 1.54) is 0 Å². The largest absolute Gasteiger partial charge is 0.444 e. The molecule has 0 aromatic carbocycles. The van der Waals surface area contributed by atoms with Gasteiger partial charge in [-0.25, -0.2) is 4.79 Å². The maximum absolute atomic E-state index is 11.5. The van der Waals surface area contributed by atoms with Crippen LogP contribution in [0.5, 0.6) is 0 Å². The molecule has 7 nitrogen and oxygen atoms in total. The van der Waals surface area contributed by atoms with Gasteiger partial charge in [-0.3, -0.25) is 4.18 Å². The zero-order chi connectivity index (χ0) is 15.4. The topological polar surface area (TPSA) is 90.9 Å². The number of alkyl carbamates (subject to hydrolysis) is 1. The third-order valence-corrected chi connectivity index (χ3v) is 3.14. The summed E-state index contributed by atoms with van der Waals surface area (Å²) in [5.41, 5.74) is -0.507. The first kappa shape index (κ1) is 17.2. The predicted octanol–water partition coefficient (Wildman–Crippen LogP) is 1.03. The third kappa shape index (κ3) is 7.66. The van der Waals surface area contributed by atoms with Crippen molar-refractivity contribution in [3.05, 3.63) is 0 Å². The number of hydrogen-bond acceptors (Lipinski definition) is 6. The molecule has 1 aliphatic rings. The summed E-state index contributed by atoms with van der Waals surface area (Å²) in [6.45, 7) is 5.65. The Hall–Kier alpha value is -0.860. The van der Waals surface area contributed by atoms with Crippen molar-refractivity contribution in [2.24, 2.45) is 0 Å². The van der Waals surface area contributed by atoms with E-state index in [0.29, 0.717) is 12.8 Å². The number of carbonyl (C=O) groups excluding carboxylic acids is 1. The van der Waals surface area contributed by atoms with Gasteiger partial charge in [0.1, 0.15) is 5.60 Å². The minimum Gasteiger partial charge on any atom is -0.444 e. The highest BCUT2D eigenvalue weighted by Gasteiger charge is 2.32. The first-order valence-electron chi connectivity index (χ1n) is 6.51. The molecule has 0 aromatic rings. The first-order valence-corrected chi connectivity index (χ1v) is 8.32. The Balaban J connectivity index is 2.07. The quantitative estimate of drug-likeness (QED) is 0.582. The fraction of sp³-hybridized carbons (Fsp3) is 0.917. The van der Waals surface area contributed by atoms with Crippen LogP contribution in [0.25, 0.3) is 0 Å². The molecule has 0 aromatic heterocycles. The van der Waals surface area contributed by atoms with Gasteiger partial charge in [-0.1, -0.05) is 0 Å². The smallest absolute Gasteiger partial charge is 0.407 e. The van der Waals surface area contributed by atoms with Gasteiger partial charge in [-0.15, -0.1) is 0 Å². The van der Waals surface area contributed by atoms with Crippen molar-refractivity contribution in [1.29, 1.82) is 0 Å². The van der Waals surface area contributed by atoms with Crippen LogP contribution in [0.4, 0.5) is 4.79 Å². The number of carbonyl (C=O) groups is 1. The van der Waals surface area contributed by atoms with E-state index >= 15 is 0 Å². The van der Waals surface area contributed by atoms with E-state index in [9.17, 15) is 13.2 Å². The van der Waals surface area contributed by atoms with Crippen LogP contribution in [0.3, 0.4) is 0 Å². The Morgan fingerprint density at radius 1 is 1.25 bits per heavy atom. The number of nitrogens with one attached hydrogen (secondary N) is 1. The van der Waals surface area contributed by atoms with E-state index in [4.69, 9.17) is 9.47 Å². The van der Waals surface area contributed by atoms with Crippen LogP contribution in [0.1, 0.15) is 33.6 Å². The average Bonchev–Trinajstić information content (AvgIpc) is 2.15. The molecule has 0 bridgehead atoms. The Morgan fingerprint density at radius 2 is 1.85 bits per heavy atom. The lowest BCUT2D eigenvalue weighted by atomic mass is 9.89. The standard InChI is InChI=1S/C12H23NO6S/c1-12(2,3)19-11(14)13-9-7-10(8-9)17-5-6-18-20(4,15)16/h9-10H,5-8H2,1-4H3,(H,13,14). The SMILES string of the molecule is CC(C)(C)OC(=O)NC1CC(OCCOS(C)(=O)=O)C1. The zero-order valence-electron chi connectivity index (χ0n) is 12.3. The molecule has 0 unspecified atom stereocenters. The van der Waals surface area contributed by atoms with Crippen molar-refractivity contribution in [2.75, 3.05) is 19.5 Å². The molecule has 0 aliphatic heterocycles. The molecule has 0 heterocycles. The lowest BCUT2D eigenvalue weighted by Gasteiger charge is -2.35. The van der Waals surface area contributed by atoms with E-state index in [2.05, 4.69) is 9.50 Å². The summed E-state index contributed by atoms with van der Waals surface area (Å²) in [6.07, 6.45) is 1.98. The third-order valence-electron chi connectivity index (χ3n) is 2.55. The van der Waals surface area contributed by atoms with Crippen molar-refractivity contribution < 1.29 is 26.9 Å². The van der Waals surface area contributed by atoms with Crippen molar-refractivity contribution in [3.63, 3.8) is 0 Å². The van der Waals surface area contributed by atoms with Crippen LogP contribution in [0, 0.1) is 0 Å². The molecule has 118 valence electrons. The molecule has 0 spiro atoms. The van der Waals surface area contributed by atoms with Crippen LogP contribution in [-0.4, -0.2) is 51.7 Å². The maximum atomic E-state index is 11.5.